The molecule has 1 aliphatic heterocycles. The highest BCUT2D eigenvalue weighted by Crippen LogP contribution is 2.33. The molecule has 1 N–H and O–H groups in total. The van der Waals surface area contributed by atoms with Crippen molar-refractivity contribution in [2.24, 2.45) is 5.92 Å². The van der Waals surface area contributed by atoms with Gasteiger partial charge in [0, 0.05) is 19.6 Å². The summed E-state index contributed by atoms with van der Waals surface area (Å²) >= 11 is 0. The van der Waals surface area contributed by atoms with E-state index in [0.29, 0.717) is 24.1 Å². The lowest BCUT2D eigenvalue weighted by atomic mass is 9.99. The van der Waals surface area contributed by atoms with Gasteiger partial charge in [-0.15, -0.1) is 0 Å². The molecule has 1 aliphatic rings. The molecule has 1 fully saturated rings. The predicted molar refractivity (Wildman–Crippen MR) is 138 cm³/mol. The number of nitro groups is 1. The summed E-state index contributed by atoms with van der Waals surface area (Å²) < 4.78 is 0. The van der Waals surface area contributed by atoms with Crippen LogP contribution in [0.5, 0.6) is 0 Å². The number of unbranched alkanes of at least 4 members (excludes halogenated alkanes) is 13. The molecule has 0 saturated carbocycles. The Hall–Kier alpha value is -1.92. The van der Waals surface area contributed by atoms with Crippen molar-refractivity contribution < 1.29 is 4.92 Å². The maximum absolute atomic E-state index is 11.8. The topological polar surface area (TPSA) is 84.2 Å². The summed E-state index contributed by atoms with van der Waals surface area (Å²) in [5.41, 5.74) is 0.0254. The van der Waals surface area contributed by atoms with Gasteiger partial charge in [-0.2, -0.15) is 0 Å². The lowest BCUT2D eigenvalue weighted by Crippen LogP contribution is -2.34. The van der Waals surface area contributed by atoms with Crippen molar-refractivity contribution in [2.75, 3.05) is 29.9 Å². The van der Waals surface area contributed by atoms with Crippen molar-refractivity contribution in [2.45, 2.75) is 117 Å². The standard InChI is InChI=1S/C26H47N5O2/c1-3-4-5-6-7-8-9-10-11-12-13-14-15-16-19-27-25-24(31(32)33)26(29-22-28-25)30-20-17-23(2)18-21-30/h22-23H,3-21H2,1-2H3,(H,27,28,29). The van der Waals surface area contributed by atoms with E-state index in [4.69, 9.17) is 0 Å². The molecule has 0 atom stereocenters. The molecule has 0 amide bonds. The lowest BCUT2D eigenvalue weighted by Gasteiger charge is -2.30. The van der Waals surface area contributed by atoms with Crippen molar-refractivity contribution in [3.05, 3.63) is 16.4 Å². The van der Waals surface area contributed by atoms with Crippen molar-refractivity contribution in [1.29, 1.82) is 0 Å². The van der Waals surface area contributed by atoms with Crippen LogP contribution in [0.1, 0.15) is 117 Å². The van der Waals surface area contributed by atoms with Gasteiger partial charge < -0.3 is 10.2 Å². The maximum atomic E-state index is 11.8. The third-order valence-electron chi connectivity index (χ3n) is 6.89. The lowest BCUT2D eigenvalue weighted by molar-refractivity contribution is -0.383. The van der Waals surface area contributed by atoms with Crippen molar-refractivity contribution >= 4 is 17.3 Å². The first-order chi connectivity index (χ1) is 16.1. The van der Waals surface area contributed by atoms with E-state index in [1.54, 1.807) is 0 Å². The van der Waals surface area contributed by atoms with Crippen LogP contribution < -0.4 is 10.2 Å². The van der Waals surface area contributed by atoms with Gasteiger partial charge in [0.2, 0.25) is 11.6 Å². The van der Waals surface area contributed by atoms with E-state index >= 15 is 0 Å². The summed E-state index contributed by atoms with van der Waals surface area (Å²) in [6, 6.07) is 0. The molecule has 0 unspecified atom stereocenters. The Bertz CT molecular complexity index is 662. The smallest absolute Gasteiger partial charge is 0.353 e. The second-order valence-corrected chi connectivity index (χ2v) is 9.84. The fourth-order valence-electron chi connectivity index (χ4n) is 4.65. The average Bonchev–Trinajstić information content (AvgIpc) is 2.81. The Morgan fingerprint density at radius 3 is 1.94 bits per heavy atom. The first-order valence-corrected chi connectivity index (χ1v) is 13.6. The molecule has 1 saturated heterocycles. The first kappa shape index (κ1) is 27.3. The minimum Gasteiger partial charge on any atom is -0.364 e. The van der Waals surface area contributed by atoms with Crippen LogP contribution in [0.25, 0.3) is 0 Å². The van der Waals surface area contributed by atoms with Crippen LogP contribution in [-0.2, 0) is 0 Å². The van der Waals surface area contributed by atoms with Crippen LogP contribution in [0.3, 0.4) is 0 Å². The van der Waals surface area contributed by atoms with Gasteiger partial charge in [0.05, 0.1) is 4.92 Å². The quantitative estimate of drug-likeness (QED) is 0.138. The first-order valence-electron chi connectivity index (χ1n) is 13.6. The van der Waals surface area contributed by atoms with Gasteiger partial charge in [0.15, 0.2) is 0 Å². The van der Waals surface area contributed by atoms with Crippen molar-refractivity contribution in [3.8, 4) is 0 Å². The van der Waals surface area contributed by atoms with Gasteiger partial charge in [-0.3, -0.25) is 10.1 Å². The summed E-state index contributed by atoms with van der Waals surface area (Å²) in [5, 5.41) is 15.0. The van der Waals surface area contributed by atoms with E-state index in [-0.39, 0.29) is 10.6 Å². The minimum absolute atomic E-state index is 0.0254. The van der Waals surface area contributed by atoms with Crippen LogP contribution in [0, 0.1) is 16.0 Å². The molecular weight excluding hydrogens is 414 g/mol. The van der Waals surface area contributed by atoms with Crippen LogP contribution >= 0.6 is 0 Å². The highest BCUT2D eigenvalue weighted by molar-refractivity contribution is 5.70. The molecule has 2 rings (SSSR count). The number of aromatic nitrogens is 2. The second-order valence-electron chi connectivity index (χ2n) is 9.84. The molecule has 7 nitrogen and oxygen atoms in total. The molecule has 188 valence electrons. The monoisotopic (exact) mass is 461 g/mol. The highest BCUT2D eigenvalue weighted by atomic mass is 16.6. The van der Waals surface area contributed by atoms with Gasteiger partial charge in [-0.05, 0) is 25.2 Å². The SMILES string of the molecule is CCCCCCCCCCCCCCCCNc1ncnc(N2CCC(C)CC2)c1[N+](=O)[O-]. The number of nitrogens with zero attached hydrogens (tertiary/aromatic N) is 4. The molecular formula is C26H47N5O2. The van der Waals surface area contributed by atoms with E-state index in [2.05, 4.69) is 29.1 Å². The Balaban J connectivity index is 1.57. The van der Waals surface area contributed by atoms with E-state index in [9.17, 15) is 10.1 Å². The van der Waals surface area contributed by atoms with E-state index in [0.717, 1.165) is 38.8 Å². The normalized spacial score (nSPS) is 14.5. The summed E-state index contributed by atoms with van der Waals surface area (Å²) in [5.74, 6) is 1.49. The van der Waals surface area contributed by atoms with Crippen LogP contribution in [-0.4, -0.2) is 34.5 Å². The number of piperidine rings is 1. The fourth-order valence-corrected chi connectivity index (χ4v) is 4.65. The molecule has 0 aromatic carbocycles. The largest absolute Gasteiger partial charge is 0.364 e. The van der Waals surface area contributed by atoms with Gasteiger partial charge in [0.1, 0.15) is 6.33 Å². The summed E-state index contributed by atoms with van der Waals surface area (Å²) in [4.78, 5) is 21.9. The summed E-state index contributed by atoms with van der Waals surface area (Å²) in [6.07, 6.45) is 22.1. The third kappa shape index (κ3) is 10.7. The molecule has 0 bridgehead atoms. The zero-order valence-electron chi connectivity index (χ0n) is 21.2. The van der Waals surface area contributed by atoms with Gasteiger partial charge in [-0.1, -0.05) is 97.3 Å². The molecule has 2 heterocycles. The molecule has 0 aliphatic carbocycles. The van der Waals surface area contributed by atoms with E-state index in [1.165, 1.54) is 83.4 Å². The van der Waals surface area contributed by atoms with Crippen molar-refractivity contribution in [3.63, 3.8) is 0 Å². The highest BCUT2D eigenvalue weighted by Gasteiger charge is 2.28. The third-order valence-corrected chi connectivity index (χ3v) is 6.89. The Morgan fingerprint density at radius 1 is 0.909 bits per heavy atom. The Morgan fingerprint density at radius 2 is 1.42 bits per heavy atom. The zero-order valence-corrected chi connectivity index (χ0v) is 21.2. The van der Waals surface area contributed by atoms with Crippen LogP contribution in [0.2, 0.25) is 0 Å². The predicted octanol–water partition coefficient (Wildman–Crippen LogP) is 7.51. The molecule has 0 radical (unpaired) electrons. The van der Waals surface area contributed by atoms with E-state index in [1.807, 2.05) is 4.90 Å². The molecule has 0 spiro atoms. The number of anilines is 2. The van der Waals surface area contributed by atoms with Gasteiger partial charge in [-0.25, -0.2) is 9.97 Å². The number of nitrogens with one attached hydrogen (secondary N) is 1. The Kier molecular flexibility index (Phi) is 13.8. The maximum Gasteiger partial charge on any atom is 0.353 e. The molecule has 33 heavy (non-hydrogen) atoms. The van der Waals surface area contributed by atoms with Gasteiger partial charge >= 0.3 is 5.69 Å². The molecule has 7 heteroatoms. The number of hydrogen-bond acceptors (Lipinski definition) is 6. The zero-order chi connectivity index (χ0) is 23.7. The number of hydrogen-bond donors (Lipinski definition) is 1. The van der Waals surface area contributed by atoms with E-state index < -0.39 is 0 Å². The number of rotatable bonds is 18. The minimum atomic E-state index is -0.332. The Labute approximate surface area is 201 Å². The molecule has 1 aromatic heterocycles. The second kappa shape index (κ2) is 16.7. The van der Waals surface area contributed by atoms with Gasteiger partial charge in [0.25, 0.3) is 0 Å². The molecule has 1 aromatic rings. The van der Waals surface area contributed by atoms with Crippen LogP contribution in [0.15, 0.2) is 6.33 Å². The average molecular weight is 462 g/mol. The van der Waals surface area contributed by atoms with Crippen LogP contribution in [0.4, 0.5) is 17.3 Å². The fraction of sp³-hybridized carbons (Fsp3) is 0.846. The summed E-state index contributed by atoms with van der Waals surface area (Å²) in [6.45, 7) is 6.85. The van der Waals surface area contributed by atoms with Crippen molar-refractivity contribution in [1.82, 2.24) is 9.97 Å². The summed E-state index contributed by atoms with van der Waals surface area (Å²) in [7, 11) is 0.